The zero-order chi connectivity index (χ0) is 17.2. The highest BCUT2D eigenvalue weighted by Crippen LogP contribution is 2.30. The number of fused-ring (bicyclic) bond motifs is 1. The molecule has 0 aliphatic carbocycles. The van der Waals surface area contributed by atoms with Crippen molar-refractivity contribution in [2.75, 3.05) is 0 Å². The van der Waals surface area contributed by atoms with Crippen molar-refractivity contribution in [1.29, 1.82) is 0 Å². The summed E-state index contributed by atoms with van der Waals surface area (Å²) in [6, 6.07) is 19.1. The molecule has 25 heavy (non-hydrogen) atoms. The monoisotopic (exact) mass is 345 g/mol. The molecule has 0 radical (unpaired) electrons. The van der Waals surface area contributed by atoms with E-state index in [-0.39, 0.29) is 5.78 Å². The number of benzene rings is 2. The van der Waals surface area contributed by atoms with Gasteiger partial charge in [-0.3, -0.25) is 9.48 Å². The van der Waals surface area contributed by atoms with Gasteiger partial charge < -0.3 is 0 Å². The molecule has 4 nitrogen and oxygen atoms in total. The van der Waals surface area contributed by atoms with E-state index in [0.717, 1.165) is 20.9 Å². The van der Waals surface area contributed by atoms with E-state index in [2.05, 4.69) is 10.1 Å². The van der Waals surface area contributed by atoms with Gasteiger partial charge in [-0.05, 0) is 24.3 Å². The fourth-order valence-corrected chi connectivity index (χ4v) is 3.61. The number of thiazole rings is 1. The maximum absolute atomic E-state index is 13.1. The number of Topliss-reactive ketones (excluding diaryl/α,β-unsaturated/α-hetero) is 1. The standard InChI is InChI=1S/C20H15N3OS/c1-23-15(11-12-21-23)13-16(19(24)14-7-3-2-4-8-14)20-22-17-9-5-6-10-18(17)25-20/h2-13H,1H3/b16-13-. The number of para-hydroxylation sites is 1. The lowest BCUT2D eigenvalue weighted by molar-refractivity contribution is 0.105. The maximum Gasteiger partial charge on any atom is 0.196 e. The van der Waals surface area contributed by atoms with Crippen LogP contribution in [-0.2, 0) is 7.05 Å². The van der Waals surface area contributed by atoms with Crippen molar-refractivity contribution in [3.05, 3.63) is 83.1 Å². The van der Waals surface area contributed by atoms with Gasteiger partial charge in [0.1, 0.15) is 5.01 Å². The Hall–Kier alpha value is -3.05. The van der Waals surface area contributed by atoms with Crippen LogP contribution < -0.4 is 0 Å². The third-order valence-corrected chi connectivity index (χ3v) is 5.03. The first-order valence-electron chi connectivity index (χ1n) is 7.88. The van der Waals surface area contributed by atoms with Crippen molar-refractivity contribution in [1.82, 2.24) is 14.8 Å². The number of aromatic nitrogens is 3. The second-order valence-corrected chi connectivity index (χ2v) is 6.65. The van der Waals surface area contributed by atoms with Crippen molar-refractivity contribution < 1.29 is 4.79 Å². The SMILES string of the molecule is Cn1nccc1/C=C(/C(=O)c1ccccc1)c1nc2ccccc2s1. The molecule has 0 bridgehead atoms. The van der Waals surface area contributed by atoms with E-state index in [1.165, 1.54) is 11.3 Å². The Morgan fingerprint density at radius 1 is 1.04 bits per heavy atom. The van der Waals surface area contributed by atoms with Crippen molar-refractivity contribution in [2.45, 2.75) is 0 Å². The zero-order valence-corrected chi connectivity index (χ0v) is 14.4. The summed E-state index contributed by atoms with van der Waals surface area (Å²) in [7, 11) is 1.86. The summed E-state index contributed by atoms with van der Waals surface area (Å²) in [6.45, 7) is 0. The fraction of sp³-hybridized carbons (Fsp3) is 0.0500. The summed E-state index contributed by atoms with van der Waals surface area (Å²) >= 11 is 1.53. The van der Waals surface area contributed by atoms with E-state index < -0.39 is 0 Å². The smallest absolute Gasteiger partial charge is 0.196 e. The minimum Gasteiger partial charge on any atom is -0.288 e. The van der Waals surface area contributed by atoms with E-state index in [9.17, 15) is 4.79 Å². The van der Waals surface area contributed by atoms with Gasteiger partial charge in [-0.25, -0.2) is 4.98 Å². The maximum atomic E-state index is 13.1. The Morgan fingerprint density at radius 3 is 2.52 bits per heavy atom. The molecule has 0 spiro atoms. The van der Waals surface area contributed by atoms with E-state index >= 15 is 0 Å². The summed E-state index contributed by atoms with van der Waals surface area (Å²) in [5, 5.41) is 4.90. The average molecular weight is 345 g/mol. The number of allylic oxidation sites excluding steroid dienone is 1. The Morgan fingerprint density at radius 2 is 1.80 bits per heavy atom. The Bertz CT molecular complexity index is 1040. The first-order valence-corrected chi connectivity index (χ1v) is 8.69. The van der Waals surface area contributed by atoms with Crippen LogP contribution >= 0.6 is 11.3 Å². The minimum absolute atomic E-state index is 0.0409. The van der Waals surface area contributed by atoms with Crippen LogP contribution in [0.3, 0.4) is 0 Å². The number of hydrogen-bond donors (Lipinski definition) is 0. The van der Waals surface area contributed by atoms with Crippen LogP contribution in [0.1, 0.15) is 21.1 Å². The van der Waals surface area contributed by atoms with Gasteiger partial charge in [-0.2, -0.15) is 5.10 Å². The second kappa shape index (κ2) is 6.45. The number of nitrogens with zero attached hydrogens (tertiary/aromatic N) is 3. The number of carbonyl (C=O) groups excluding carboxylic acids is 1. The van der Waals surface area contributed by atoms with Crippen LogP contribution in [0.15, 0.2) is 66.9 Å². The molecule has 0 amide bonds. The number of carbonyl (C=O) groups is 1. The first-order chi connectivity index (χ1) is 12.2. The molecule has 122 valence electrons. The van der Waals surface area contributed by atoms with Crippen molar-refractivity contribution in [2.24, 2.45) is 7.05 Å². The summed E-state index contributed by atoms with van der Waals surface area (Å²) in [4.78, 5) is 17.8. The molecule has 2 aromatic heterocycles. The van der Waals surface area contributed by atoms with E-state index in [1.54, 1.807) is 10.9 Å². The second-order valence-electron chi connectivity index (χ2n) is 5.62. The molecule has 0 aliphatic heterocycles. The Labute approximate surface area is 149 Å². The van der Waals surface area contributed by atoms with Gasteiger partial charge in [0, 0.05) is 18.8 Å². The van der Waals surface area contributed by atoms with Gasteiger partial charge in [0.15, 0.2) is 5.78 Å². The van der Waals surface area contributed by atoms with Gasteiger partial charge in [0.2, 0.25) is 0 Å². The third kappa shape index (κ3) is 3.02. The lowest BCUT2D eigenvalue weighted by Gasteiger charge is -2.05. The quantitative estimate of drug-likeness (QED) is 0.405. The topological polar surface area (TPSA) is 47.8 Å². The van der Waals surface area contributed by atoms with Crippen molar-refractivity contribution >= 4 is 39.0 Å². The van der Waals surface area contributed by atoms with Crippen LogP contribution in [0.25, 0.3) is 21.9 Å². The summed E-state index contributed by atoms with van der Waals surface area (Å²) in [5.74, 6) is -0.0409. The highest BCUT2D eigenvalue weighted by molar-refractivity contribution is 7.20. The lowest BCUT2D eigenvalue weighted by atomic mass is 10.0. The molecule has 4 aromatic rings. The van der Waals surface area contributed by atoms with Gasteiger partial charge in [0.05, 0.1) is 21.5 Å². The predicted octanol–water partition coefficient (Wildman–Crippen LogP) is 4.45. The molecule has 0 unspecified atom stereocenters. The molecule has 5 heteroatoms. The molecule has 0 saturated heterocycles. The highest BCUT2D eigenvalue weighted by atomic mass is 32.1. The van der Waals surface area contributed by atoms with Crippen LogP contribution in [0, 0.1) is 0 Å². The van der Waals surface area contributed by atoms with Gasteiger partial charge in [-0.15, -0.1) is 11.3 Å². The van der Waals surface area contributed by atoms with Crippen LogP contribution in [-0.4, -0.2) is 20.5 Å². The van der Waals surface area contributed by atoms with Crippen molar-refractivity contribution in [3.63, 3.8) is 0 Å². The normalized spacial score (nSPS) is 11.8. The first kappa shape index (κ1) is 15.5. The van der Waals surface area contributed by atoms with Gasteiger partial charge >= 0.3 is 0 Å². The number of aryl methyl sites for hydroxylation is 1. The summed E-state index contributed by atoms with van der Waals surface area (Å²) < 4.78 is 2.81. The van der Waals surface area contributed by atoms with E-state index in [4.69, 9.17) is 0 Å². The third-order valence-electron chi connectivity index (χ3n) is 3.96. The average Bonchev–Trinajstić information content (AvgIpc) is 3.25. The number of hydrogen-bond acceptors (Lipinski definition) is 4. The van der Waals surface area contributed by atoms with Crippen LogP contribution in [0.2, 0.25) is 0 Å². The molecule has 0 N–H and O–H groups in total. The summed E-state index contributed by atoms with van der Waals surface area (Å²) in [6.07, 6.45) is 3.58. The van der Waals surface area contributed by atoms with Crippen LogP contribution in [0.5, 0.6) is 0 Å². The molecule has 0 fully saturated rings. The van der Waals surface area contributed by atoms with Gasteiger partial charge in [-0.1, -0.05) is 42.5 Å². The zero-order valence-electron chi connectivity index (χ0n) is 13.6. The minimum atomic E-state index is -0.0409. The molecule has 2 aromatic carbocycles. The largest absolute Gasteiger partial charge is 0.288 e. The molecular weight excluding hydrogens is 330 g/mol. The molecule has 4 rings (SSSR count). The van der Waals surface area contributed by atoms with E-state index in [0.29, 0.717) is 11.1 Å². The van der Waals surface area contributed by atoms with Crippen molar-refractivity contribution in [3.8, 4) is 0 Å². The number of rotatable bonds is 4. The summed E-state index contributed by atoms with van der Waals surface area (Å²) in [5.41, 5.74) is 2.99. The fourth-order valence-electron chi connectivity index (χ4n) is 2.63. The molecular formula is C20H15N3OS. The molecule has 0 saturated carbocycles. The molecule has 0 aliphatic rings. The Balaban J connectivity index is 1.88. The van der Waals surface area contributed by atoms with Crippen LogP contribution in [0.4, 0.5) is 0 Å². The Kier molecular flexibility index (Phi) is 3.99. The van der Waals surface area contributed by atoms with E-state index in [1.807, 2.05) is 73.8 Å². The predicted molar refractivity (Wildman–Crippen MR) is 101 cm³/mol. The van der Waals surface area contributed by atoms with Gasteiger partial charge in [0.25, 0.3) is 0 Å². The molecule has 2 heterocycles. The molecule has 0 atom stereocenters. The number of ketones is 1. The highest BCUT2D eigenvalue weighted by Gasteiger charge is 2.19. The lowest BCUT2D eigenvalue weighted by Crippen LogP contribution is -2.03.